The van der Waals surface area contributed by atoms with Crippen LogP contribution in [0.1, 0.15) is 23.0 Å². The molecule has 114 valence electrons. The number of aliphatic carboxylic acids is 1. The van der Waals surface area contributed by atoms with Crippen molar-refractivity contribution >= 4 is 34.1 Å². The average Bonchev–Trinajstić information content (AvgIpc) is 3.03. The molecule has 0 bridgehead atoms. The molecular weight excluding hydrogens is 296 g/mol. The van der Waals surface area contributed by atoms with E-state index in [1.807, 2.05) is 0 Å². The largest absolute Gasteiger partial charge is 0.480 e. The molecule has 0 radical (unpaired) electrons. The lowest BCUT2D eigenvalue weighted by molar-refractivity contribution is -0.141. The summed E-state index contributed by atoms with van der Waals surface area (Å²) in [7, 11) is 1.50. The van der Waals surface area contributed by atoms with Crippen molar-refractivity contribution in [2.24, 2.45) is 0 Å². The van der Waals surface area contributed by atoms with Crippen molar-refractivity contribution < 1.29 is 24.2 Å². The van der Waals surface area contributed by atoms with Crippen LogP contribution in [0.4, 0.5) is 5.00 Å². The van der Waals surface area contributed by atoms with Gasteiger partial charge in [-0.1, -0.05) is 0 Å². The topological polar surface area (TPSA) is 95.9 Å². The van der Waals surface area contributed by atoms with Gasteiger partial charge in [-0.05, 0) is 12.1 Å². The SMILES string of the molecule is COC1CC(C(=O)O)N(C(=O)c2ccc(NC(C)=O)s2)C1. The minimum absolute atomic E-state index is 0.222. The Bertz CT molecular complexity index is 571. The Hall–Kier alpha value is -1.93. The van der Waals surface area contributed by atoms with Gasteiger partial charge in [-0.15, -0.1) is 11.3 Å². The van der Waals surface area contributed by atoms with Crippen LogP contribution in [-0.2, 0) is 14.3 Å². The van der Waals surface area contributed by atoms with E-state index in [9.17, 15) is 19.5 Å². The second-order valence-electron chi connectivity index (χ2n) is 4.75. The summed E-state index contributed by atoms with van der Waals surface area (Å²) in [5.41, 5.74) is 0. The molecule has 7 nitrogen and oxygen atoms in total. The van der Waals surface area contributed by atoms with Gasteiger partial charge in [-0.3, -0.25) is 9.59 Å². The smallest absolute Gasteiger partial charge is 0.326 e. The third-order valence-corrected chi connectivity index (χ3v) is 4.25. The molecule has 0 spiro atoms. The molecule has 2 atom stereocenters. The summed E-state index contributed by atoms with van der Waals surface area (Å²) in [6.45, 7) is 1.63. The first kappa shape index (κ1) is 15.5. The molecule has 1 aromatic heterocycles. The predicted molar refractivity (Wildman–Crippen MR) is 76.5 cm³/mol. The summed E-state index contributed by atoms with van der Waals surface area (Å²) in [5, 5.41) is 12.4. The Balaban J connectivity index is 2.16. The van der Waals surface area contributed by atoms with Gasteiger partial charge in [0.25, 0.3) is 5.91 Å². The maximum absolute atomic E-state index is 12.4. The van der Waals surface area contributed by atoms with Crippen molar-refractivity contribution in [3.8, 4) is 0 Å². The first-order valence-electron chi connectivity index (χ1n) is 6.36. The molecule has 1 saturated heterocycles. The zero-order valence-electron chi connectivity index (χ0n) is 11.7. The van der Waals surface area contributed by atoms with E-state index in [1.165, 1.54) is 18.9 Å². The fourth-order valence-electron chi connectivity index (χ4n) is 2.26. The van der Waals surface area contributed by atoms with Gasteiger partial charge < -0.3 is 20.1 Å². The second-order valence-corrected chi connectivity index (χ2v) is 5.83. The number of thiophene rings is 1. The molecule has 2 heterocycles. The first-order valence-corrected chi connectivity index (χ1v) is 7.18. The molecule has 0 aliphatic carbocycles. The number of methoxy groups -OCH3 is 1. The number of anilines is 1. The molecule has 2 rings (SSSR count). The van der Waals surface area contributed by atoms with Crippen LogP contribution in [0.2, 0.25) is 0 Å². The predicted octanol–water partition coefficient (Wildman–Crippen LogP) is 1.02. The van der Waals surface area contributed by atoms with E-state index in [0.717, 1.165) is 11.3 Å². The van der Waals surface area contributed by atoms with Crippen molar-refractivity contribution in [1.82, 2.24) is 4.90 Å². The lowest BCUT2D eigenvalue weighted by atomic mass is 10.2. The highest BCUT2D eigenvalue weighted by molar-refractivity contribution is 7.18. The van der Waals surface area contributed by atoms with Crippen LogP contribution >= 0.6 is 11.3 Å². The molecule has 1 aromatic rings. The van der Waals surface area contributed by atoms with Gasteiger partial charge in [-0.25, -0.2) is 4.79 Å². The van der Waals surface area contributed by atoms with Crippen LogP contribution in [0.5, 0.6) is 0 Å². The van der Waals surface area contributed by atoms with Crippen LogP contribution in [0.15, 0.2) is 12.1 Å². The van der Waals surface area contributed by atoms with Crippen LogP contribution in [0.25, 0.3) is 0 Å². The van der Waals surface area contributed by atoms with E-state index in [4.69, 9.17) is 4.74 Å². The van der Waals surface area contributed by atoms with E-state index >= 15 is 0 Å². The molecular formula is C13H16N2O5S. The van der Waals surface area contributed by atoms with Gasteiger partial charge in [0, 0.05) is 27.0 Å². The fourth-order valence-corrected chi connectivity index (χ4v) is 3.17. The summed E-state index contributed by atoms with van der Waals surface area (Å²) >= 11 is 1.12. The summed E-state index contributed by atoms with van der Waals surface area (Å²) in [6, 6.07) is 2.32. The Morgan fingerprint density at radius 2 is 2.14 bits per heavy atom. The van der Waals surface area contributed by atoms with Gasteiger partial charge in [0.1, 0.15) is 6.04 Å². The van der Waals surface area contributed by atoms with Crippen LogP contribution < -0.4 is 5.32 Å². The highest BCUT2D eigenvalue weighted by atomic mass is 32.1. The van der Waals surface area contributed by atoms with Crippen molar-refractivity contribution in [2.45, 2.75) is 25.5 Å². The molecule has 0 saturated carbocycles. The molecule has 1 aliphatic heterocycles. The van der Waals surface area contributed by atoms with Crippen LogP contribution in [0, 0.1) is 0 Å². The molecule has 8 heteroatoms. The van der Waals surface area contributed by atoms with Crippen molar-refractivity contribution in [2.75, 3.05) is 19.0 Å². The maximum Gasteiger partial charge on any atom is 0.326 e. The highest BCUT2D eigenvalue weighted by Gasteiger charge is 2.40. The number of hydrogen-bond acceptors (Lipinski definition) is 5. The maximum atomic E-state index is 12.4. The van der Waals surface area contributed by atoms with Crippen molar-refractivity contribution in [3.05, 3.63) is 17.0 Å². The Labute approximate surface area is 125 Å². The van der Waals surface area contributed by atoms with E-state index in [-0.39, 0.29) is 30.9 Å². The number of nitrogens with one attached hydrogen (secondary N) is 1. The van der Waals surface area contributed by atoms with Gasteiger partial charge in [-0.2, -0.15) is 0 Å². The van der Waals surface area contributed by atoms with Gasteiger partial charge >= 0.3 is 5.97 Å². The van der Waals surface area contributed by atoms with E-state index < -0.39 is 12.0 Å². The molecule has 1 fully saturated rings. The minimum atomic E-state index is -1.04. The highest BCUT2D eigenvalue weighted by Crippen LogP contribution is 2.27. The summed E-state index contributed by atoms with van der Waals surface area (Å²) < 4.78 is 5.15. The Morgan fingerprint density at radius 3 is 2.71 bits per heavy atom. The summed E-state index contributed by atoms with van der Waals surface area (Å²) in [6.07, 6.45) is 0.00596. The third-order valence-electron chi connectivity index (χ3n) is 3.26. The van der Waals surface area contributed by atoms with Crippen molar-refractivity contribution in [1.29, 1.82) is 0 Å². The van der Waals surface area contributed by atoms with Gasteiger partial charge in [0.05, 0.1) is 16.0 Å². The number of rotatable bonds is 4. The molecule has 2 unspecified atom stereocenters. The Kier molecular flexibility index (Phi) is 4.59. The minimum Gasteiger partial charge on any atom is -0.480 e. The standard InChI is InChI=1S/C13H16N2O5S/c1-7(16)14-11-4-3-10(21-11)12(17)15-6-8(20-2)5-9(15)13(18)19/h3-4,8-9H,5-6H2,1-2H3,(H,14,16)(H,18,19). The summed E-state index contributed by atoms with van der Waals surface area (Å²) in [5.74, 6) is -1.62. The monoisotopic (exact) mass is 312 g/mol. The number of amides is 2. The van der Waals surface area contributed by atoms with E-state index in [1.54, 1.807) is 12.1 Å². The van der Waals surface area contributed by atoms with E-state index in [2.05, 4.69) is 5.32 Å². The number of carboxylic acids is 1. The van der Waals surface area contributed by atoms with E-state index in [0.29, 0.717) is 9.88 Å². The number of carbonyl (C=O) groups is 3. The normalized spacial score (nSPS) is 21.3. The number of nitrogens with zero attached hydrogens (tertiary/aromatic N) is 1. The number of carboxylic acid groups (broad SMARTS) is 1. The number of ether oxygens (including phenoxy) is 1. The first-order chi connectivity index (χ1) is 9.92. The second kappa shape index (κ2) is 6.23. The molecule has 0 aromatic carbocycles. The van der Waals surface area contributed by atoms with Gasteiger partial charge in [0.15, 0.2) is 0 Å². The lowest BCUT2D eigenvalue weighted by Gasteiger charge is -2.20. The number of hydrogen-bond donors (Lipinski definition) is 2. The van der Waals surface area contributed by atoms with Crippen LogP contribution in [-0.4, -0.2) is 53.6 Å². The molecule has 2 N–H and O–H groups in total. The number of carbonyl (C=O) groups excluding carboxylic acids is 2. The molecule has 2 amide bonds. The summed E-state index contributed by atoms with van der Waals surface area (Å²) in [4.78, 5) is 36.4. The quantitative estimate of drug-likeness (QED) is 0.865. The zero-order valence-corrected chi connectivity index (χ0v) is 12.5. The van der Waals surface area contributed by atoms with Gasteiger partial charge in [0.2, 0.25) is 5.91 Å². The Morgan fingerprint density at radius 1 is 1.43 bits per heavy atom. The average molecular weight is 312 g/mol. The van der Waals surface area contributed by atoms with Crippen LogP contribution in [0.3, 0.4) is 0 Å². The lowest BCUT2D eigenvalue weighted by Crippen LogP contribution is -2.40. The van der Waals surface area contributed by atoms with Crippen molar-refractivity contribution in [3.63, 3.8) is 0 Å². The fraction of sp³-hybridized carbons (Fsp3) is 0.462. The number of likely N-dealkylation sites (tertiary alicyclic amines) is 1. The molecule has 21 heavy (non-hydrogen) atoms. The zero-order chi connectivity index (χ0) is 15.6. The molecule has 1 aliphatic rings. The third kappa shape index (κ3) is 3.40.